The first-order chi connectivity index (χ1) is 14.6. The maximum atomic E-state index is 13.0. The van der Waals surface area contributed by atoms with E-state index in [9.17, 15) is 4.79 Å². The molecule has 6 nitrogen and oxygen atoms in total. The molecule has 3 aromatic rings. The van der Waals surface area contributed by atoms with Crippen molar-refractivity contribution in [3.05, 3.63) is 70.8 Å². The summed E-state index contributed by atoms with van der Waals surface area (Å²) in [7, 11) is 2.00. The van der Waals surface area contributed by atoms with Gasteiger partial charge in [-0.1, -0.05) is 30.7 Å². The van der Waals surface area contributed by atoms with E-state index >= 15 is 0 Å². The summed E-state index contributed by atoms with van der Waals surface area (Å²) in [4.78, 5) is 22.1. The van der Waals surface area contributed by atoms with Crippen molar-refractivity contribution in [2.75, 3.05) is 0 Å². The molecule has 0 spiro atoms. The Balaban J connectivity index is 1.41. The van der Waals surface area contributed by atoms with E-state index in [0.29, 0.717) is 24.0 Å². The topological polar surface area (TPSA) is 73.6 Å². The highest BCUT2D eigenvalue weighted by Gasteiger charge is 2.33. The first-order valence-corrected chi connectivity index (χ1v) is 10.9. The van der Waals surface area contributed by atoms with Crippen LogP contribution in [0.5, 0.6) is 0 Å². The Bertz CT molecular complexity index is 1080. The van der Waals surface area contributed by atoms with Crippen molar-refractivity contribution < 1.29 is 4.79 Å². The molecule has 5 rings (SSSR count). The maximum absolute atomic E-state index is 13.0. The second-order valence-electron chi connectivity index (χ2n) is 8.84. The summed E-state index contributed by atoms with van der Waals surface area (Å²) in [6.45, 7) is 1.94. The maximum Gasteiger partial charge on any atom is 0.185 e. The van der Waals surface area contributed by atoms with Crippen molar-refractivity contribution in [1.82, 2.24) is 24.7 Å². The Hall–Kier alpha value is -2.89. The fourth-order valence-electron chi connectivity index (χ4n) is 4.41. The van der Waals surface area contributed by atoms with Crippen molar-refractivity contribution in [3.63, 3.8) is 0 Å². The molecule has 0 aliphatic heterocycles. The number of rotatable bonds is 7. The predicted molar refractivity (Wildman–Crippen MR) is 113 cm³/mol. The van der Waals surface area contributed by atoms with Crippen LogP contribution in [0.1, 0.15) is 82.9 Å². The minimum Gasteiger partial charge on any atom is -0.320 e. The number of hydrogen-bond acceptors (Lipinski definition) is 5. The van der Waals surface area contributed by atoms with Gasteiger partial charge >= 0.3 is 0 Å². The van der Waals surface area contributed by atoms with Gasteiger partial charge in [-0.15, -0.1) is 10.2 Å². The Morgan fingerprint density at radius 2 is 2.00 bits per heavy atom. The number of aryl methyl sites for hydroxylation is 2. The van der Waals surface area contributed by atoms with E-state index in [2.05, 4.69) is 38.4 Å². The summed E-state index contributed by atoms with van der Waals surface area (Å²) in [5.41, 5.74) is 3.65. The van der Waals surface area contributed by atoms with Gasteiger partial charge in [-0.3, -0.25) is 4.79 Å². The monoisotopic (exact) mass is 401 g/mol. The highest BCUT2D eigenvalue weighted by atomic mass is 16.1. The smallest absolute Gasteiger partial charge is 0.185 e. The van der Waals surface area contributed by atoms with Crippen LogP contribution in [0.2, 0.25) is 0 Å². The molecule has 0 unspecified atom stereocenters. The third-order valence-corrected chi connectivity index (χ3v) is 6.42. The van der Waals surface area contributed by atoms with Gasteiger partial charge in [0.15, 0.2) is 5.78 Å². The lowest BCUT2D eigenvalue weighted by Crippen LogP contribution is -2.24. The SMILES string of the molecule is Cc1cc(C(=O)Cc2cccc([C@@H](c3nncn3C)C3CCC3)c2)nc(C2CC2)n1. The largest absolute Gasteiger partial charge is 0.320 e. The molecule has 0 saturated heterocycles. The van der Waals surface area contributed by atoms with Crippen LogP contribution in [-0.2, 0) is 13.5 Å². The molecule has 0 radical (unpaired) electrons. The molecule has 154 valence electrons. The number of carbonyl (C=O) groups excluding carboxylic acids is 1. The van der Waals surface area contributed by atoms with Gasteiger partial charge < -0.3 is 4.57 Å². The molecule has 2 aromatic heterocycles. The average Bonchev–Trinajstić information content (AvgIpc) is 3.46. The summed E-state index contributed by atoms with van der Waals surface area (Å²) in [6, 6.07) is 10.2. The van der Waals surface area contributed by atoms with Crippen molar-refractivity contribution in [3.8, 4) is 0 Å². The number of benzene rings is 1. The van der Waals surface area contributed by atoms with Crippen LogP contribution >= 0.6 is 0 Å². The summed E-state index contributed by atoms with van der Waals surface area (Å²) in [5.74, 6) is 3.14. The van der Waals surface area contributed by atoms with Gasteiger partial charge in [-0.25, -0.2) is 9.97 Å². The number of aromatic nitrogens is 5. The lowest BCUT2D eigenvalue weighted by Gasteiger charge is -2.33. The van der Waals surface area contributed by atoms with Crippen LogP contribution in [0.15, 0.2) is 36.7 Å². The molecular weight excluding hydrogens is 374 g/mol. The van der Waals surface area contributed by atoms with E-state index < -0.39 is 0 Å². The minimum atomic E-state index is 0.0541. The van der Waals surface area contributed by atoms with Crippen LogP contribution in [-0.4, -0.2) is 30.5 Å². The fraction of sp³-hybridized carbons (Fsp3) is 0.458. The second kappa shape index (κ2) is 7.74. The highest BCUT2D eigenvalue weighted by Crippen LogP contribution is 2.42. The van der Waals surface area contributed by atoms with Gasteiger partial charge in [-0.2, -0.15) is 0 Å². The van der Waals surface area contributed by atoms with Gasteiger partial charge in [0, 0.05) is 31.0 Å². The summed E-state index contributed by atoms with van der Waals surface area (Å²) in [5, 5.41) is 8.50. The summed E-state index contributed by atoms with van der Waals surface area (Å²) >= 11 is 0. The summed E-state index contributed by atoms with van der Waals surface area (Å²) < 4.78 is 2.02. The standard InChI is InChI=1S/C24H27N5O/c1-15-11-20(27-23(26-15)18-9-10-18)21(30)13-16-5-3-8-19(12-16)22(17-6-4-7-17)24-28-25-14-29(24)2/h3,5,8,11-12,14,17-18,22H,4,6-7,9-10,13H2,1-2H3/t22-/m0/s1. The Kier molecular flexibility index (Phi) is 4.93. The average molecular weight is 402 g/mol. The molecule has 2 saturated carbocycles. The first-order valence-electron chi connectivity index (χ1n) is 10.9. The molecule has 30 heavy (non-hydrogen) atoms. The fourth-order valence-corrected chi connectivity index (χ4v) is 4.41. The number of hydrogen-bond donors (Lipinski definition) is 0. The van der Waals surface area contributed by atoms with Crippen LogP contribution < -0.4 is 0 Å². The highest BCUT2D eigenvalue weighted by molar-refractivity contribution is 5.95. The van der Waals surface area contributed by atoms with Crippen LogP contribution in [0.3, 0.4) is 0 Å². The molecule has 1 atom stereocenters. The Morgan fingerprint density at radius 1 is 1.17 bits per heavy atom. The molecule has 0 N–H and O–H groups in total. The van der Waals surface area contributed by atoms with E-state index in [1.165, 1.54) is 24.8 Å². The molecular formula is C24H27N5O. The molecule has 2 aliphatic carbocycles. The number of ketones is 1. The van der Waals surface area contributed by atoms with Gasteiger partial charge in [0.05, 0.1) is 0 Å². The van der Waals surface area contributed by atoms with E-state index in [4.69, 9.17) is 0 Å². The zero-order chi connectivity index (χ0) is 20.7. The zero-order valence-corrected chi connectivity index (χ0v) is 17.6. The molecule has 0 bridgehead atoms. The quantitative estimate of drug-likeness (QED) is 0.556. The van der Waals surface area contributed by atoms with Gasteiger partial charge in [0.2, 0.25) is 0 Å². The third kappa shape index (κ3) is 3.78. The lowest BCUT2D eigenvalue weighted by atomic mass is 9.72. The van der Waals surface area contributed by atoms with Gasteiger partial charge in [0.25, 0.3) is 0 Å². The minimum absolute atomic E-state index is 0.0541. The molecule has 1 aromatic carbocycles. The second-order valence-corrected chi connectivity index (χ2v) is 8.84. The lowest BCUT2D eigenvalue weighted by molar-refractivity contribution is 0.0987. The van der Waals surface area contributed by atoms with Gasteiger partial charge in [0.1, 0.15) is 23.7 Å². The normalized spacial score (nSPS) is 17.5. The molecule has 6 heteroatoms. The summed E-state index contributed by atoms with van der Waals surface area (Å²) in [6.07, 6.45) is 8.07. The van der Waals surface area contributed by atoms with Crippen LogP contribution in [0.4, 0.5) is 0 Å². The molecule has 2 aliphatic rings. The number of Topliss-reactive ketones (excluding diaryl/α,β-unsaturated/α-hetero) is 1. The number of nitrogens with zero attached hydrogens (tertiary/aromatic N) is 5. The van der Waals surface area contributed by atoms with Crippen molar-refractivity contribution in [1.29, 1.82) is 0 Å². The van der Waals surface area contributed by atoms with E-state index in [1.807, 2.05) is 30.7 Å². The zero-order valence-electron chi connectivity index (χ0n) is 17.6. The Labute approximate surface area is 176 Å². The first kappa shape index (κ1) is 19.1. The molecule has 0 amide bonds. The third-order valence-electron chi connectivity index (χ3n) is 6.42. The van der Waals surface area contributed by atoms with Crippen LogP contribution in [0, 0.1) is 12.8 Å². The predicted octanol–water partition coefficient (Wildman–Crippen LogP) is 4.15. The van der Waals surface area contributed by atoms with Crippen LogP contribution in [0.25, 0.3) is 0 Å². The van der Waals surface area contributed by atoms with E-state index in [1.54, 1.807) is 6.33 Å². The Morgan fingerprint density at radius 3 is 2.67 bits per heavy atom. The van der Waals surface area contributed by atoms with E-state index in [-0.39, 0.29) is 11.7 Å². The van der Waals surface area contributed by atoms with E-state index in [0.717, 1.165) is 35.7 Å². The van der Waals surface area contributed by atoms with Crippen molar-refractivity contribution in [2.24, 2.45) is 13.0 Å². The van der Waals surface area contributed by atoms with Gasteiger partial charge in [-0.05, 0) is 55.7 Å². The van der Waals surface area contributed by atoms with Crippen molar-refractivity contribution in [2.45, 2.75) is 57.3 Å². The number of carbonyl (C=O) groups is 1. The molecule has 2 heterocycles. The molecule has 2 fully saturated rings. The van der Waals surface area contributed by atoms with Crippen molar-refractivity contribution >= 4 is 5.78 Å².